The molecule has 1 fully saturated rings. The Morgan fingerprint density at radius 1 is 0.917 bits per heavy atom. The second-order valence-corrected chi connectivity index (χ2v) is 17.8. The number of aliphatic hydroxyl groups is 2. The average Bonchev–Trinajstić information content (AvgIpc) is 3.26. The fraction of sp³-hybridized carbons (Fsp3) is 0.640. The number of nitrogens with zero attached hydrogens (tertiary/aromatic N) is 2. The van der Waals surface area contributed by atoms with Crippen molar-refractivity contribution in [1.82, 2.24) is 4.90 Å². The third kappa shape index (κ3) is 12.0. The summed E-state index contributed by atoms with van der Waals surface area (Å²) in [5.74, 6) is 0.967. The number of carbonyl (C=O) groups excluding carboxylic acids is 1. The molecule has 1 amide bonds. The molecule has 2 aromatic rings. The van der Waals surface area contributed by atoms with Crippen molar-refractivity contribution >= 4 is 23.4 Å². The van der Waals surface area contributed by atoms with Gasteiger partial charge >= 0.3 is 0 Å². The normalized spacial score (nSPS) is 23.6. The third-order valence-corrected chi connectivity index (χ3v) is 13.5. The van der Waals surface area contributed by atoms with Crippen LogP contribution in [0.5, 0.6) is 17.2 Å². The first-order chi connectivity index (χ1) is 29.4. The Bertz CT molecular complexity index is 1680. The summed E-state index contributed by atoms with van der Waals surface area (Å²) < 4.78 is 21.0. The average molecular weight is 847 g/mol. The second kappa shape index (κ2) is 25.0. The standard InChI is InChI=1S/C50H74N2O7S/c1-6-9-10-11-12-13-14-15-16-23-47(55)52(30-7-2)46-36-44(51-56-4)42-34-37(21-17-19-31-53)41(22-18-20-32-54)48-43-35-39(58-38-24-27-40(60-5)28-25-38)26-29-45(43)59-50(46,49(42)48)57-33-8-3/h8,24-29,34-35,37,41,46,48-49,53-54H,3,6-7,9-23,30-33,36H2,1-2,4-5H3. The van der Waals surface area contributed by atoms with E-state index < -0.39 is 11.8 Å². The molecule has 5 rings (SSSR count). The Morgan fingerprint density at radius 3 is 2.25 bits per heavy atom. The molecule has 9 nitrogen and oxygen atoms in total. The van der Waals surface area contributed by atoms with Crippen LogP contribution in [0, 0.1) is 17.8 Å². The molecule has 10 heteroatoms. The number of thioether (sulfide) groups is 1. The monoisotopic (exact) mass is 847 g/mol. The van der Waals surface area contributed by atoms with Gasteiger partial charge in [-0.25, -0.2) is 0 Å². The zero-order valence-corrected chi connectivity index (χ0v) is 37.9. The van der Waals surface area contributed by atoms with Crippen LogP contribution in [0.2, 0.25) is 0 Å². The number of amides is 1. The van der Waals surface area contributed by atoms with Gasteiger partial charge in [-0.3, -0.25) is 4.79 Å². The van der Waals surface area contributed by atoms with Crippen molar-refractivity contribution in [2.24, 2.45) is 22.9 Å². The number of hydrogen-bond donors (Lipinski definition) is 2. The lowest BCUT2D eigenvalue weighted by molar-refractivity contribution is -0.257. The molecule has 2 aliphatic carbocycles. The Morgan fingerprint density at radius 2 is 1.60 bits per heavy atom. The summed E-state index contributed by atoms with van der Waals surface area (Å²) >= 11 is 1.69. The molecule has 60 heavy (non-hydrogen) atoms. The van der Waals surface area contributed by atoms with E-state index in [1.165, 1.54) is 43.4 Å². The van der Waals surface area contributed by atoms with E-state index in [1.54, 1.807) is 24.9 Å². The van der Waals surface area contributed by atoms with Crippen molar-refractivity contribution in [2.75, 3.05) is 39.7 Å². The van der Waals surface area contributed by atoms with Crippen molar-refractivity contribution in [1.29, 1.82) is 0 Å². The molecular weight excluding hydrogens is 773 g/mol. The van der Waals surface area contributed by atoms with Crippen LogP contribution < -0.4 is 9.47 Å². The van der Waals surface area contributed by atoms with E-state index in [1.807, 2.05) is 29.2 Å². The zero-order chi connectivity index (χ0) is 42.7. The van der Waals surface area contributed by atoms with Crippen molar-refractivity contribution < 1.29 is 34.1 Å². The van der Waals surface area contributed by atoms with Crippen LogP contribution in [0.4, 0.5) is 0 Å². The van der Waals surface area contributed by atoms with Crippen LogP contribution in [0.15, 0.2) is 76.8 Å². The van der Waals surface area contributed by atoms with Gasteiger partial charge in [-0.1, -0.05) is 95.4 Å². The minimum Gasteiger partial charge on any atom is -0.459 e. The van der Waals surface area contributed by atoms with Crippen molar-refractivity contribution in [2.45, 2.75) is 152 Å². The first-order valence-corrected chi connectivity index (χ1v) is 24.3. The molecule has 1 heterocycles. The van der Waals surface area contributed by atoms with Crippen molar-refractivity contribution in [3.63, 3.8) is 0 Å². The molecule has 332 valence electrons. The largest absolute Gasteiger partial charge is 0.459 e. The minimum absolute atomic E-state index is 0.0976. The van der Waals surface area contributed by atoms with Gasteiger partial charge in [0, 0.05) is 49.0 Å². The van der Waals surface area contributed by atoms with E-state index >= 15 is 0 Å². The number of unbranched alkanes of at least 4 members (excludes halogenated alkanes) is 10. The number of rotatable bonds is 28. The summed E-state index contributed by atoms with van der Waals surface area (Å²) in [6, 6.07) is 13.8. The number of carbonyl (C=O) groups is 1. The lowest BCUT2D eigenvalue weighted by Gasteiger charge is -2.60. The maximum Gasteiger partial charge on any atom is 0.239 e. The highest BCUT2D eigenvalue weighted by atomic mass is 32.2. The van der Waals surface area contributed by atoms with E-state index in [9.17, 15) is 15.0 Å². The molecule has 6 unspecified atom stereocenters. The Balaban J connectivity index is 1.60. The topological polar surface area (TPSA) is 110 Å². The molecular formula is C50H74N2O7S. The van der Waals surface area contributed by atoms with E-state index in [0.717, 1.165) is 91.9 Å². The van der Waals surface area contributed by atoms with Gasteiger partial charge in [-0.15, -0.1) is 18.3 Å². The van der Waals surface area contributed by atoms with Crippen molar-refractivity contribution in [3.05, 3.63) is 72.3 Å². The van der Waals surface area contributed by atoms with Gasteiger partial charge in [-0.05, 0) is 105 Å². The quantitative estimate of drug-likeness (QED) is 0.0377. The highest BCUT2D eigenvalue weighted by Gasteiger charge is 2.65. The summed E-state index contributed by atoms with van der Waals surface area (Å²) in [6.45, 7) is 9.54. The molecule has 0 bridgehead atoms. The maximum atomic E-state index is 14.6. The van der Waals surface area contributed by atoms with Gasteiger partial charge in [-0.2, -0.15) is 0 Å². The molecule has 6 atom stereocenters. The zero-order valence-electron chi connectivity index (χ0n) is 37.1. The van der Waals surface area contributed by atoms with Crippen molar-refractivity contribution in [3.8, 4) is 17.2 Å². The number of benzene rings is 2. The molecule has 2 aromatic carbocycles. The van der Waals surface area contributed by atoms with Crippen LogP contribution in [-0.2, 0) is 14.4 Å². The highest BCUT2D eigenvalue weighted by Crippen LogP contribution is 2.62. The molecule has 0 radical (unpaired) electrons. The number of aliphatic hydroxyl groups excluding tert-OH is 2. The Kier molecular flexibility index (Phi) is 19.9. The first kappa shape index (κ1) is 47.7. The fourth-order valence-electron chi connectivity index (χ4n) is 10.0. The second-order valence-electron chi connectivity index (χ2n) is 16.9. The first-order valence-electron chi connectivity index (χ1n) is 23.1. The lowest BCUT2D eigenvalue weighted by atomic mass is 9.55. The predicted octanol–water partition coefficient (Wildman–Crippen LogP) is 11.6. The number of hydrogen-bond acceptors (Lipinski definition) is 9. The summed E-state index contributed by atoms with van der Waals surface area (Å²) in [6.07, 6.45) is 23.6. The summed E-state index contributed by atoms with van der Waals surface area (Å²) in [4.78, 5) is 23.5. The minimum atomic E-state index is -1.24. The third-order valence-electron chi connectivity index (χ3n) is 12.8. The molecule has 1 aliphatic heterocycles. The van der Waals surface area contributed by atoms with E-state index in [2.05, 4.69) is 51.0 Å². The SMILES string of the molecule is C=CCOC12Oc3ccc(Oc4ccc(SC)cc4)cc3C3C(CCCCO)C(CCCCO)C=C(C(=NOC)CC1N(CCC)C(=O)CCCCCCCCCCC)C32. The fourth-order valence-corrected chi connectivity index (χ4v) is 10.4. The number of fused-ring (bicyclic) bond motifs is 2. The van der Waals surface area contributed by atoms with E-state index in [-0.39, 0.29) is 49.4 Å². The predicted molar refractivity (Wildman–Crippen MR) is 244 cm³/mol. The summed E-state index contributed by atoms with van der Waals surface area (Å²) in [5.41, 5.74) is 2.91. The van der Waals surface area contributed by atoms with Crippen LogP contribution in [0.1, 0.15) is 141 Å². The molecule has 0 saturated heterocycles. The van der Waals surface area contributed by atoms with Crippen LogP contribution in [0.25, 0.3) is 0 Å². The van der Waals surface area contributed by atoms with Gasteiger partial charge < -0.3 is 34.2 Å². The maximum absolute atomic E-state index is 14.6. The lowest BCUT2D eigenvalue weighted by Crippen LogP contribution is -2.70. The van der Waals surface area contributed by atoms with Gasteiger partial charge in [0.2, 0.25) is 11.7 Å². The van der Waals surface area contributed by atoms with Gasteiger partial charge in [0.15, 0.2) is 0 Å². The number of oxime groups is 1. The highest BCUT2D eigenvalue weighted by molar-refractivity contribution is 7.98. The smallest absolute Gasteiger partial charge is 0.239 e. The number of ether oxygens (including phenoxy) is 3. The van der Waals surface area contributed by atoms with E-state index in [0.29, 0.717) is 25.8 Å². The Hall–Kier alpha value is -3.31. The molecule has 2 N–H and O–H groups in total. The van der Waals surface area contributed by atoms with Gasteiger partial charge in [0.1, 0.15) is 30.4 Å². The molecule has 0 spiro atoms. The van der Waals surface area contributed by atoms with Crippen LogP contribution in [-0.4, -0.2) is 78.3 Å². The van der Waals surface area contributed by atoms with Gasteiger partial charge in [0.05, 0.1) is 18.2 Å². The van der Waals surface area contributed by atoms with E-state index in [4.69, 9.17) is 24.2 Å². The summed E-state index contributed by atoms with van der Waals surface area (Å²) in [7, 11) is 1.59. The molecule has 0 aromatic heterocycles. The summed E-state index contributed by atoms with van der Waals surface area (Å²) in [5, 5.41) is 24.5. The molecule has 3 aliphatic rings. The number of allylic oxidation sites excluding steroid dienone is 1. The van der Waals surface area contributed by atoms with Crippen LogP contribution >= 0.6 is 11.8 Å². The van der Waals surface area contributed by atoms with Gasteiger partial charge in [0.25, 0.3) is 0 Å². The van der Waals surface area contributed by atoms with Crippen LogP contribution in [0.3, 0.4) is 0 Å². The Labute approximate surface area is 365 Å². The molecule has 1 saturated carbocycles.